The standard InChI is InChI=1S/C23H25FN4O/c1-16-13-19(17(2)28(16)21-8-4-3-7-20(21)24)23(29)26-15-18-9-10-25-22(14-18)27-11-5-6-12-27/h3-4,7-10,13-14H,5-6,11-12,15H2,1-2H3,(H,26,29). The van der Waals surface area contributed by atoms with E-state index in [9.17, 15) is 9.18 Å². The molecule has 1 fully saturated rings. The van der Waals surface area contributed by atoms with Crippen LogP contribution >= 0.6 is 0 Å². The van der Waals surface area contributed by atoms with Gasteiger partial charge in [-0.25, -0.2) is 9.37 Å². The van der Waals surface area contributed by atoms with Crippen LogP contribution in [0.3, 0.4) is 0 Å². The summed E-state index contributed by atoms with van der Waals surface area (Å²) in [5.41, 5.74) is 3.55. The zero-order valence-electron chi connectivity index (χ0n) is 16.8. The van der Waals surface area contributed by atoms with Gasteiger partial charge in [0.25, 0.3) is 5.91 Å². The highest BCUT2D eigenvalue weighted by molar-refractivity contribution is 5.95. The number of halogens is 1. The van der Waals surface area contributed by atoms with Crippen molar-refractivity contribution in [3.8, 4) is 5.69 Å². The predicted octanol–water partition coefficient (Wildman–Crippen LogP) is 4.16. The normalized spacial score (nSPS) is 13.7. The molecule has 0 atom stereocenters. The van der Waals surface area contributed by atoms with Crippen LogP contribution in [-0.2, 0) is 6.54 Å². The van der Waals surface area contributed by atoms with Gasteiger partial charge in [-0.1, -0.05) is 12.1 Å². The number of para-hydroxylation sites is 1. The van der Waals surface area contributed by atoms with Crippen LogP contribution in [-0.4, -0.2) is 28.5 Å². The molecule has 1 N–H and O–H groups in total. The van der Waals surface area contributed by atoms with Crippen LogP contribution in [0.4, 0.5) is 10.2 Å². The summed E-state index contributed by atoms with van der Waals surface area (Å²) in [4.78, 5) is 19.5. The van der Waals surface area contributed by atoms with Crippen LogP contribution in [0.25, 0.3) is 5.69 Å². The minimum atomic E-state index is -0.313. The van der Waals surface area contributed by atoms with Crippen LogP contribution < -0.4 is 10.2 Å². The van der Waals surface area contributed by atoms with Gasteiger partial charge < -0.3 is 14.8 Å². The minimum absolute atomic E-state index is 0.166. The third kappa shape index (κ3) is 3.88. The molecule has 3 heterocycles. The molecule has 5 nitrogen and oxygen atoms in total. The summed E-state index contributed by atoms with van der Waals surface area (Å²) < 4.78 is 16.0. The second-order valence-electron chi connectivity index (χ2n) is 7.47. The molecule has 3 aromatic rings. The monoisotopic (exact) mass is 392 g/mol. The van der Waals surface area contributed by atoms with Gasteiger partial charge in [0.05, 0.1) is 11.3 Å². The Kier molecular flexibility index (Phi) is 5.34. The van der Waals surface area contributed by atoms with E-state index in [2.05, 4.69) is 15.2 Å². The molecule has 29 heavy (non-hydrogen) atoms. The van der Waals surface area contributed by atoms with Gasteiger partial charge in [-0.2, -0.15) is 0 Å². The summed E-state index contributed by atoms with van der Waals surface area (Å²) in [6.07, 6.45) is 4.18. The first kappa shape index (κ1) is 19.2. The fraction of sp³-hybridized carbons (Fsp3) is 0.304. The fourth-order valence-electron chi connectivity index (χ4n) is 3.96. The number of carbonyl (C=O) groups excluding carboxylic acids is 1. The Morgan fingerprint density at radius 1 is 1.14 bits per heavy atom. The van der Waals surface area contributed by atoms with E-state index in [0.717, 1.165) is 35.9 Å². The molecule has 0 bridgehead atoms. The number of hydrogen-bond acceptors (Lipinski definition) is 3. The number of carbonyl (C=O) groups is 1. The lowest BCUT2D eigenvalue weighted by Gasteiger charge is -2.17. The number of nitrogens with zero attached hydrogens (tertiary/aromatic N) is 3. The van der Waals surface area contributed by atoms with Gasteiger partial charge in [-0.15, -0.1) is 0 Å². The van der Waals surface area contributed by atoms with Gasteiger partial charge in [-0.05, 0) is 62.6 Å². The maximum atomic E-state index is 14.2. The molecule has 1 saturated heterocycles. The van der Waals surface area contributed by atoms with Gasteiger partial charge in [0, 0.05) is 37.2 Å². The zero-order chi connectivity index (χ0) is 20.4. The number of anilines is 1. The van der Waals surface area contributed by atoms with E-state index in [1.54, 1.807) is 35.0 Å². The zero-order valence-corrected chi connectivity index (χ0v) is 16.8. The Morgan fingerprint density at radius 2 is 1.90 bits per heavy atom. The number of aryl methyl sites for hydroxylation is 1. The number of aromatic nitrogens is 2. The van der Waals surface area contributed by atoms with E-state index in [1.165, 1.54) is 18.9 Å². The SMILES string of the molecule is Cc1cc(C(=O)NCc2ccnc(N3CCCC3)c2)c(C)n1-c1ccccc1F. The van der Waals surface area contributed by atoms with E-state index < -0.39 is 0 Å². The Bertz CT molecular complexity index is 1040. The minimum Gasteiger partial charge on any atom is -0.357 e. The highest BCUT2D eigenvalue weighted by Crippen LogP contribution is 2.23. The molecule has 1 aliphatic heterocycles. The summed E-state index contributed by atoms with van der Waals surface area (Å²) in [5.74, 6) is 0.486. The lowest BCUT2D eigenvalue weighted by Crippen LogP contribution is -2.24. The first-order chi connectivity index (χ1) is 14.0. The average molecular weight is 392 g/mol. The molecule has 0 unspecified atom stereocenters. The van der Waals surface area contributed by atoms with E-state index in [0.29, 0.717) is 17.8 Å². The van der Waals surface area contributed by atoms with Gasteiger partial charge in [0.15, 0.2) is 0 Å². The van der Waals surface area contributed by atoms with Crippen molar-refractivity contribution in [1.29, 1.82) is 0 Å². The van der Waals surface area contributed by atoms with Gasteiger partial charge in [0.2, 0.25) is 0 Å². The molecule has 0 saturated carbocycles. The molecule has 0 radical (unpaired) electrons. The molecule has 4 rings (SSSR count). The van der Waals surface area contributed by atoms with E-state index in [4.69, 9.17) is 0 Å². The van der Waals surface area contributed by atoms with Crippen molar-refractivity contribution in [1.82, 2.24) is 14.9 Å². The van der Waals surface area contributed by atoms with Crippen LogP contribution in [0.1, 0.15) is 40.2 Å². The van der Waals surface area contributed by atoms with E-state index in [-0.39, 0.29) is 11.7 Å². The third-order valence-corrected chi connectivity index (χ3v) is 5.46. The molecule has 1 aliphatic rings. The van der Waals surface area contributed by atoms with E-state index >= 15 is 0 Å². The van der Waals surface area contributed by atoms with Crippen molar-refractivity contribution in [2.45, 2.75) is 33.2 Å². The molecular formula is C23H25FN4O. The molecule has 1 aromatic carbocycles. The first-order valence-corrected chi connectivity index (χ1v) is 9.96. The number of hydrogen-bond donors (Lipinski definition) is 1. The van der Waals surface area contributed by atoms with E-state index in [1.807, 2.05) is 26.0 Å². The Hall–Kier alpha value is -3.15. The topological polar surface area (TPSA) is 50.2 Å². The molecule has 2 aromatic heterocycles. The smallest absolute Gasteiger partial charge is 0.253 e. The maximum absolute atomic E-state index is 14.2. The number of pyridine rings is 1. The second kappa shape index (κ2) is 8.07. The summed E-state index contributed by atoms with van der Waals surface area (Å²) in [6.45, 7) is 6.20. The summed E-state index contributed by atoms with van der Waals surface area (Å²) in [6, 6.07) is 12.4. The lowest BCUT2D eigenvalue weighted by molar-refractivity contribution is 0.0950. The maximum Gasteiger partial charge on any atom is 0.253 e. The quantitative estimate of drug-likeness (QED) is 0.709. The van der Waals surface area contributed by atoms with Crippen LogP contribution in [0.2, 0.25) is 0 Å². The van der Waals surface area contributed by atoms with Gasteiger partial charge in [0.1, 0.15) is 11.6 Å². The average Bonchev–Trinajstić information content (AvgIpc) is 3.36. The number of amides is 1. The van der Waals surface area contributed by atoms with Crippen molar-refractivity contribution in [2.75, 3.05) is 18.0 Å². The number of benzene rings is 1. The van der Waals surface area contributed by atoms with Crippen molar-refractivity contribution in [3.05, 3.63) is 77.0 Å². The molecule has 1 amide bonds. The number of nitrogens with one attached hydrogen (secondary N) is 1. The summed E-state index contributed by atoms with van der Waals surface area (Å²) in [7, 11) is 0. The largest absolute Gasteiger partial charge is 0.357 e. The van der Waals surface area contributed by atoms with Crippen molar-refractivity contribution in [3.63, 3.8) is 0 Å². The predicted molar refractivity (Wildman–Crippen MR) is 112 cm³/mol. The number of rotatable bonds is 5. The second-order valence-corrected chi connectivity index (χ2v) is 7.47. The van der Waals surface area contributed by atoms with Crippen molar-refractivity contribution >= 4 is 11.7 Å². The fourth-order valence-corrected chi connectivity index (χ4v) is 3.96. The van der Waals surface area contributed by atoms with Crippen molar-refractivity contribution in [2.24, 2.45) is 0 Å². The van der Waals surface area contributed by atoms with Crippen LogP contribution in [0.5, 0.6) is 0 Å². The summed E-state index contributed by atoms with van der Waals surface area (Å²) >= 11 is 0. The first-order valence-electron chi connectivity index (χ1n) is 9.96. The Morgan fingerprint density at radius 3 is 2.66 bits per heavy atom. The lowest BCUT2D eigenvalue weighted by atomic mass is 10.2. The van der Waals surface area contributed by atoms with Crippen LogP contribution in [0, 0.1) is 19.7 Å². The highest BCUT2D eigenvalue weighted by Gasteiger charge is 2.18. The summed E-state index contributed by atoms with van der Waals surface area (Å²) in [5, 5.41) is 2.99. The molecule has 6 heteroatoms. The molecular weight excluding hydrogens is 367 g/mol. The molecule has 0 spiro atoms. The highest BCUT2D eigenvalue weighted by atomic mass is 19.1. The molecule has 150 valence electrons. The van der Waals surface area contributed by atoms with Crippen LogP contribution in [0.15, 0.2) is 48.7 Å². The molecule has 0 aliphatic carbocycles. The van der Waals surface area contributed by atoms with Gasteiger partial charge >= 0.3 is 0 Å². The van der Waals surface area contributed by atoms with Gasteiger partial charge in [-0.3, -0.25) is 4.79 Å². The van der Waals surface area contributed by atoms with Crippen molar-refractivity contribution < 1.29 is 9.18 Å². The Labute approximate surface area is 170 Å². The Balaban J connectivity index is 1.50. The third-order valence-electron chi connectivity index (χ3n) is 5.46.